The molecule has 0 saturated heterocycles. The average Bonchev–Trinajstić information content (AvgIpc) is 3.21. The number of hydrogen-bond acceptors (Lipinski definition) is 3. The van der Waals surface area contributed by atoms with E-state index in [0.29, 0.717) is 11.6 Å². The highest BCUT2D eigenvalue weighted by Crippen LogP contribution is 2.28. The lowest BCUT2D eigenvalue weighted by molar-refractivity contribution is -0.151. The number of amides is 1. The number of benzene rings is 2. The van der Waals surface area contributed by atoms with Crippen LogP contribution in [0.4, 0.5) is 0 Å². The number of aliphatic carboxylic acids is 1. The van der Waals surface area contributed by atoms with Gasteiger partial charge in [-0.2, -0.15) is 0 Å². The number of imidazole rings is 1. The van der Waals surface area contributed by atoms with Gasteiger partial charge in [-0.25, -0.2) is 9.78 Å². The summed E-state index contributed by atoms with van der Waals surface area (Å²) in [5.41, 5.74) is 2.60. The zero-order valence-corrected chi connectivity index (χ0v) is 20.7. The van der Waals surface area contributed by atoms with Crippen LogP contribution in [0.3, 0.4) is 0 Å². The van der Waals surface area contributed by atoms with Crippen molar-refractivity contribution in [3.8, 4) is 0 Å². The Labute approximate surface area is 206 Å². The third kappa shape index (κ3) is 6.06. The van der Waals surface area contributed by atoms with Crippen LogP contribution in [-0.2, 0) is 29.0 Å². The van der Waals surface area contributed by atoms with E-state index < -0.39 is 18.1 Å². The predicted octanol–water partition coefficient (Wildman–Crippen LogP) is 5.53. The van der Waals surface area contributed by atoms with Gasteiger partial charge in [0.1, 0.15) is 11.9 Å². The van der Waals surface area contributed by atoms with Crippen LogP contribution in [0.15, 0.2) is 60.8 Å². The molecule has 0 aliphatic heterocycles. The topological polar surface area (TPSA) is 75.4 Å². The second-order valence-electron chi connectivity index (χ2n) is 8.53. The van der Waals surface area contributed by atoms with E-state index in [4.69, 9.17) is 11.6 Å². The number of rotatable bonds is 11. The van der Waals surface area contributed by atoms with Crippen molar-refractivity contribution >= 4 is 23.5 Å². The standard InChI is InChI=1S/C27H32ClN3O3/c1-4-5-15-26-29-17-25(30(26)18-22-13-9-10-14-23(22)28)19(2)31(20(3)32)24(27(33)34)16-21-11-7-6-8-12-21/h6-14,17,19,24H,4-5,15-16,18H2,1-3H3,(H,33,34). The van der Waals surface area contributed by atoms with E-state index in [0.717, 1.165) is 41.9 Å². The molecule has 3 rings (SSSR count). The lowest BCUT2D eigenvalue weighted by atomic mass is 10.0. The third-order valence-electron chi connectivity index (χ3n) is 6.11. The van der Waals surface area contributed by atoms with Crippen molar-refractivity contribution in [2.24, 2.45) is 0 Å². The zero-order chi connectivity index (χ0) is 24.7. The largest absolute Gasteiger partial charge is 0.480 e. The quantitative estimate of drug-likeness (QED) is 0.390. The second kappa shape index (κ2) is 11.8. The summed E-state index contributed by atoms with van der Waals surface area (Å²) in [5.74, 6) is -0.423. The molecule has 2 aromatic carbocycles. The molecule has 1 heterocycles. The highest BCUT2D eigenvalue weighted by Gasteiger charge is 2.34. The minimum atomic E-state index is -1.03. The first-order valence-corrected chi connectivity index (χ1v) is 12.0. The van der Waals surface area contributed by atoms with Gasteiger partial charge in [0.25, 0.3) is 0 Å². The Morgan fingerprint density at radius 3 is 2.41 bits per heavy atom. The maximum Gasteiger partial charge on any atom is 0.326 e. The number of carbonyl (C=O) groups excluding carboxylic acids is 1. The molecule has 0 bridgehead atoms. The summed E-state index contributed by atoms with van der Waals surface area (Å²) in [6, 6.07) is 15.5. The Bertz CT molecular complexity index is 1110. The van der Waals surface area contributed by atoms with E-state index >= 15 is 0 Å². The molecule has 0 aliphatic carbocycles. The van der Waals surface area contributed by atoms with Gasteiger partial charge in [0.2, 0.25) is 5.91 Å². The Balaban J connectivity index is 2.01. The van der Waals surface area contributed by atoms with Crippen molar-refractivity contribution < 1.29 is 14.7 Å². The number of unbranched alkanes of at least 4 members (excludes halogenated alkanes) is 1. The lowest BCUT2D eigenvalue weighted by Crippen LogP contribution is -2.47. The van der Waals surface area contributed by atoms with Crippen LogP contribution in [0.1, 0.15) is 62.3 Å². The van der Waals surface area contributed by atoms with E-state index in [9.17, 15) is 14.7 Å². The van der Waals surface area contributed by atoms with Gasteiger partial charge in [-0.3, -0.25) is 4.79 Å². The van der Waals surface area contributed by atoms with Crippen LogP contribution >= 0.6 is 11.6 Å². The Hall–Kier alpha value is -3.12. The summed E-state index contributed by atoms with van der Waals surface area (Å²) in [7, 11) is 0. The predicted molar refractivity (Wildman–Crippen MR) is 134 cm³/mol. The first kappa shape index (κ1) is 25.5. The summed E-state index contributed by atoms with van der Waals surface area (Å²) in [6.45, 7) is 5.92. The monoisotopic (exact) mass is 481 g/mol. The van der Waals surface area contributed by atoms with Crippen LogP contribution in [0.2, 0.25) is 5.02 Å². The summed E-state index contributed by atoms with van der Waals surface area (Å²) in [4.78, 5) is 31.3. The molecule has 1 N–H and O–H groups in total. The first-order valence-electron chi connectivity index (χ1n) is 11.7. The minimum Gasteiger partial charge on any atom is -0.480 e. The molecule has 1 amide bonds. The molecule has 0 spiro atoms. The van der Waals surface area contributed by atoms with Gasteiger partial charge in [-0.1, -0.05) is 73.5 Å². The fraction of sp³-hybridized carbons (Fsp3) is 0.370. The molecule has 2 atom stereocenters. The smallest absolute Gasteiger partial charge is 0.326 e. The highest BCUT2D eigenvalue weighted by atomic mass is 35.5. The lowest BCUT2D eigenvalue weighted by Gasteiger charge is -2.34. The maximum absolute atomic E-state index is 12.8. The van der Waals surface area contributed by atoms with E-state index in [-0.39, 0.29) is 12.3 Å². The molecule has 2 unspecified atom stereocenters. The number of carboxylic acid groups (broad SMARTS) is 1. The summed E-state index contributed by atoms with van der Waals surface area (Å²) in [6.07, 6.45) is 4.79. The van der Waals surface area contributed by atoms with Crippen molar-refractivity contribution in [1.82, 2.24) is 14.5 Å². The van der Waals surface area contributed by atoms with Crippen LogP contribution in [0, 0.1) is 0 Å². The molecule has 0 saturated carbocycles. The van der Waals surface area contributed by atoms with Crippen LogP contribution in [-0.4, -0.2) is 37.5 Å². The van der Waals surface area contributed by atoms with Crippen molar-refractivity contribution in [1.29, 1.82) is 0 Å². The molecule has 180 valence electrons. The molecule has 0 fully saturated rings. The van der Waals surface area contributed by atoms with Crippen LogP contribution in [0.5, 0.6) is 0 Å². The molecule has 34 heavy (non-hydrogen) atoms. The number of hydrogen-bond donors (Lipinski definition) is 1. The van der Waals surface area contributed by atoms with Crippen LogP contribution in [0.25, 0.3) is 0 Å². The SMILES string of the molecule is CCCCc1ncc(C(C)N(C(C)=O)C(Cc2ccccc2)C(=O)O)n1Cc1ccccc1Cl. The van der Waals surface area contributed by atoms with Gasteiger partial charge in [-0.05, 0) is 30.5 Å². The normalized spacial score (nSPS) is 12.8. The Morgan fingerprint density at radius 1 is 1.12 bits per heavy atom. The van der Waals surface area contributed by atoms with Crippen molar-refractivity contribution in [3.63, 3.8) is 0 Å². The van der Waals surface area contributed by atoms with Gasteiger partial charge < -0.3 is 14.6 Å². The molecule has 0 radical (unpaired) electrons. The maximum atomic E-state index is 12.8. The van der Waals surface area contributed by atoms with Crippen molar-refractivity contribution in [3.05, 3.63) is 88.5 Å². The first-order chi connectivity index (χ1) is 16.3. The summed E-state index contributed by atoms with van der Waals surface area (Å²) < 4.78 is 2.08. The number of carbonyl (C=O) groups is 2. The van der Waals surface area contributed by atoms with E-state index in [1.165, 1.54) is 11.8 Å². The molecule has 0 aliphatic rings. The van der Waals surface area contributed by atoms with Gasteiger partial charge >= 0.3 is 5.97 Å². The van der Waals surface area contributed by atoms with E-state index in [2.05, 4.69) is 16.5 Å². The fourth-order valence-electron chi connectivity index (χ4n) is 4.32. The summed E-state index contributed by atoms with van der Waals surface area (Å²) >= 11 is 6.45. The average molecular weight is 482 g/mol. The highest BCUT2D eigenvalue weighted by molar-refractivity contribution is 6.31. The molecule has 7 heteroatoms. The van der Waals surface area contributed by atoms with Gasteiger partial charge in [0, 0.05) is 24.8 Å². The van der Waals surface area contributed by atoms with Gasteiger partial charge in [0.05, 0.1) is 24.5 Å². The molecule has 1 aromatic heterocycles. The summed E-state index contributed by atoms with van der Waals surface area (Å²) in [5, 5.41) is 10.7. The molecular weight excluding hydrogens is 450 g/mol. The van der Waals surface area contributed by atoms with Gasteiger partial charge in [0.15, 0.2) is 0 Å². The zero-order valence-electron chi connectivity index (χ0n) is 19.9. The fourth-order valence-corrected chi connectivity index (χ4v) is 4.52. The second-order valence-corrected chi connectivity index (χ2v) is 8.93. The molecular formula is C27H32ClN3O3. The number of aromatic nitrogens is 2. The number of halogens is 1. The van der Waals surface area contributed by atoms with E-state index in [1.807, 2.05) is 61.5 Å². The van der Waals surface area contributed by atoms with Crippen LogP contribution < -0.4 is 0 Å². The Kier molecular flexibility index (Phi) is 8.88. The van der Waals surface area contributed by atoms with E-state index in [1.54, 1.807) is 6.20 Å². The molecule has 6 nitrogen and oxygen atoms in total. The number of nitrogens with zero attached hydrogens (tertiary/aromatic N) is 3. The van der Waals surface area contributed by atoms with Crippen molar-refractivity contribution in [2.75, 3.05) is 0 Å². The third-order valence-corrected chi connectivity index (χ3v) is 6.48. The Morgan fingerprint density at radius 2 is 1.79 bits per heavy atom. The molecule has 3 aromatic rings. The number of aryl methyl sites for hydroxylation is 1. The van der Waals surface area contributed by atoms with Crippen molar-refractivity contribution in [2.45, 2.75) is 65.1 Å². The minimum absolute atomic E-state index is 0.224. The number of carboxylic acids is 1. The van der Waals surface area contributed by atoms with Gasteiger partial charge in [-0.15, -0.1) is 0 Å².